The smallest absolute Gasteiger partial charge is 0.0373 e. The fourth-order valence-corrected chi connectivity index (χ4v) is 0.851. The summed E-state index contributed by atoms with van der Waals surface area (Å²) in [7, 11) is 0. The Morgan fingerprint density at radius 1 is 1.50 bits per heavy atom. The van der Waals surface area contributed by atoms with Crippen molar-refractivity contribution in [1.82, 2.24) is 10.3 Å². The van der Waals surface area contributed by atoms with Crippen LogP contribution in [0, 0.1) is 6.92 Å². The van der Waals surface area contributed by atoms with E-state index in [4.69, 9.17) is 0 Å². The largest absolute Gasteiger partial charge is 0.391 e. The minimum atomic E-state index is 0.954. The Morgan fingerprint density at radius 3 is 2.92 bits per heavy atom. The van der Waals surface area contributed by atoms with Gasteiger partial charge in [0, 0.05) is 18.4 Å². The van der Waals surface area contributed by atoms with E-state index in [0.717, 1.165) is 17.8 Å². The van der Waals surface area contributed by atoms with Gasteiger partial charge in [-0.2, -0.15) is 0 Å². The molecule has 2 heteroatoms. The summed E-state index contributed by atoms with van der Waals surface area (Å²) in [5.74, 6) is 0. The van der Waals surface area contributed by atoms with E-state index < -0.39 is 0 Å². The zero-order valence-corrected chi connectivity index (χ0v) is 7.54. The third kappa shape index (κ3) is 2.74. The Balaban J connectivity index is 2.58. The lowest BCUT2D eigenvalue weighted by atomic mass is 10.2. The number of aryl methyl sites for hydroxylation is 1. The van der Waals surface area contributed by atoms with E-state index in [1.807, 2.05) is 31.5 Å². The van der Waals surface area contributed by atoms with E-state index in [2.05, 4.69) is 23.3 Å². The second kappa shape index (κ2) is 4.54. The van der Waals surface area contributed by atoms with Gasteiger partial charge in [-0.05, 0) is 37.8 Å². The van der Waals surface area contributed by atoms with Gasteiger partial charge in [0.05, 0.1) is 0 Å². The van der Waals surface area contributed by atoms with Crippen molar-refractivity contribution in [1.29, 1.82) is 0 Å². The molecule has 1 N–H and O–H groups in total. The molecule has 0 atom stereocenters. The molecule has 0 amide bonds. The van der Waals surface area contributed by atoms with Crippen molar-refractivity contribution in [3.8, 4) is 0 Å². The van der Waals surface area contributed by atoms with Crippen LogP contribution >= 0.6 is 0 Å². The van der Waals surface area contributed by atoms with Gasteiger partial charge < -0.3 is 5.32 Å². The lowest BCUT2D eigenvalue weighted by molar-refractivity contribution is 0.924. The molecule has 0 radical (unpaired) electrons. The first kappa shape index (κ1) is 8.78. The van der Waals surface area contributed by atoms with Gasteiger partial charge >= 0.3 is 0 Å². The highest BCUT2D eigenvalue weighted by molar-refractivity contribution is 5.47. The summed E-state index contributed by atoms with van der Waals surface area (Å²) >= 11 is 0. The van der Waals surface area contributed by atoms with Crippen LogP contribution in [0.5, 0.6) is 0 Å². The molecule has 1 rings (SSSR count). The molecule has 0 aromatic carbocycles. The van der Waals surface area contributed by atoms with Crippen molar-refractivity contribution in [3.63, 3.8) is 0 Å². The van der Waals surface area contributed by atoms with Crippen LogP contribution in [0.2, 0.25) is 0 Å². The highest BCUT2D eigenvalue weighted by Gasteiger charge is 1.85. The molecule has 0 aliphatic carbocycles. The van der Waals surface area contributed by atoms with Gasteiger partial charge in [0.1, 0.15) is 0 Å². The van der Waals surface area contributed by atoms with Crippen molar-refractivity contribution >= 4 is 6.08 Å². The first-order valence-corrected chi connectivity index (χ1v) is 4.15. The molecule has 1 aromatic rings. The molecule has 2 nitrogen and oxygen atoms in total. The lowest BCUT2D eigenvalue weighted by Gasteiger charge is -1.94. The second-order valence-corrected chi connectivity index (χ2v) is 2.62. The molecule has 0 spiro atoms. The molecule has 0 unspecified atom stereocenters. The minimum absolute atomic E-state index is 0.954. The number of rotatable bonds is 3. The molecule has 1 aromatic heterocycles. The van der Waals surface area contributed by atoms with Crippen molar-refractivity contribution in [2.75, 3.05) is 6.54 Å². The zero-order chi connectivity index (χ0) is 8.81. The molecule has 0 bridgehead atoms. The van der Waals surface area contributed by atoms with Gasteiger partial charge in [0.15, 0.2) is 0 Å². The summed E-state index contributed by atoms with van der Waals surface area (Å²) in [4.78, 5) is 4.18. The minimum Gasteiger partial charge on any atom is -0.391 e. The quantitative estimate of drug-likeness (QED) is 0.735. The molecule has 12 heavy (non-hydrogen) atoms. The molecule has 0 saturated heterocycles. The predicted molar refractivity (Wildman–Crippen MR) is 51.7 cm³/mol. The summed E-state index contributed by atoms with van der Waals surface area (Å²) < 4.78 is 0. The van der Waals surface area contributed by atoms with Crippen LogP contribution in [0.1, 0.15) is 18.2 Å². The van der Waals surface area contributed by atoms with Crippen LogP contribution in [-0.4, -0.2) is 11.5 Å². The van der Waals surface area contributed by atoms with Crippen LogP contribution < -0.4 is 5.32 Å². The molecule has 64 valence electrons. The van der Waals surface area contributed by atoms with E-state index in [1.54, 1.807) is 0 Å². The summed E-state index contributed by atoms with van der Waals surface area (Å²) in [5.41, 5.74) is 2.18. The first-order chi connectivity index (χ1) is 5.83. The van der Waals surface area contributed by atoms with Crippen LogP contribution in [0.15, 0.2) is 24.5 Å². The molecular weight excluding hydrogens is 148 g/mol. The van der Waals surface area contributed by atoms with Crippen molar-refractivity contribution in [2.24, 2.45) is 0 Å². The Labute approximate surface area is 73.3 Å². The SMILES string of the molecule is CCNC=Cc1ccc(C)nc1. The Bertz CT molecular complexity index is 249. The highest BCUT2D eigenvalue weighted by Crippen LogP contribution is 2.00. The summed E-state index contributed by atoms with van der Waals surface area (Å²) in [5, 5.41) is 3.10. The van der Waals surface area contributed by atoms with Crippen LogP contribution in [0.3, 0.4) is 0 Å². The standard InChI is InChI=1S/C10H14N2/c1-3-11-7-6-10-5-4-9(2)12-8-10/h4-8,11H,3H2,1-2H3. The highest BCUT2D eigenvalue weighted by atomic mass is 14.8. The number of nitrogens with one attached hydrogen (secondary N) is 1. The van der Waals surface area contributed by atoms with Crippen LogP contribution in [0.4, 0.5) is 0 Å². The van der Waals surface area contributed by atoms with Crippen molar-refractivity contribution < 1.29 is 0 Å². The fraction of sp³-hybridized carbons (Fsp3) is 0.300. The zero-order valence-electron chi connectivity index (χ0n) is 7.54. The predicted octanol–water partition coefficient (Wildman–Crippen LogP) is 1.97. The monoisotopic (exact) mass is 162 g/mol. The van der Waals surface area contributed by atoms with Crippen LogP contribution in [0.25, 0.3) is 6.08 Å². The van der Waals surface area contributed by atoms with Crippen molar-refractivity contribution in [2.45, 2.75) is 13.8 Å². The molecule has 1 heterocycles. The normalized spacial score (nSPS) is 10.5. The average Bonchev–Trinajstić information content (AvgIpc) is 2.09. The van der Waals surface area contributed by atoms with Gasteiger partial charge in [-0.1, -0.05) is 6.07 Å². The van der Waals surface area contributed by atoms with Crippen molar-refractivity contribution in [3.05, 3.63) is 35.8 Å². The van der Waals surface area contributed by atoms with Crippen LogP contribution in [-0.2, 0) is 0 Å². The molecule has 0 fully saturated rings. The number of hydrogen-bond donors (Lipinski definition) is 1. The molecule has 0 aliphatic rings. The Hall–Kier alpha value is -1.31. The number of pyridine rings is 1. The maximum Gasteiger partial charge on any atom is 0.0373 e. The van der Waals surface area contributed by atoms with E-state index in [0.29, 0.717) is 0 Å². The number of aromatic nitrogens is 1. The summed E-state index contributed by atoms with van der Waals surface area (Å²) in [6.07, 6.45) is 5.81. The maximum atomic E-state index is 4.18. The number of hydrogen-bond acceptors (Lipinski definition) is 2. The third-order valence-electron chi connectivity index (χ3n) is 1.53. The number of nitrogens with zero attached hydrogens (tertiary/aromatic N) is 1. The lowest BCUT2D eigenvalue weighted by Crippen LogP contribution is -2.00. The second-order valence-electron chi connectivity index (χ2n) is 2.62. The maximum absolute atomic E-state index is 4.18. The van der Waals surface area contributed by atoms with Gasteiger partial charge in [0.25, 0.3) is 0 Å². The Kier molecular flexibility index (Phi) is 3.33. The third-order valence-corrected chi connectivity index (χ3v) is 1.53. The van der Waals surface area contributed by atoms with Gasteiger partial charge in [-0.25, -0.2) is 0 Å². The van der Waals surface area contributed by atoms with Gasteiger partial charge in [-0.3, -0.25) is 4.98 Å². The van der Waals surface area contributed by atoms with Gasteiger partial charge in [0.2, 0.25) is 0 Å². The topological polar surface area (TPSA) is 24.9 Å². The van der Waals surface area contributed by atoms with E-state index >= 15 is 0 Å². The van der Waals surface area contributed by atoms with Gasteiger partial charge in [-0.15, -0.1) is 0 Å². The fourth-order valence-electron chi connectivity index (χ4n) is 0.851. The van der Waals surface area contributed by atoms with E-state index in [1.165, 1.54) is 0 Å². The Morgan fingerprint density at radius 2 is 2.33 bits per heavy atom. The van der Waals surface area contributed by atoms with E-state index in [9.17, 15) is 0 Å². The summed E-state index contributed by atoms with van der Waals surface area (Å²) in [6, 6.07) is 4.06. The molecule has 0 saturated carbocycles. The average molecular weight is 162 g/mol. The molecule has 0 aliphatic heterocycles. The summed E-state index contributed by atoms with van der Waals surface area (Å²) in [6.45, 7) is 5.01. The van der Waals surface area contributed by atoms with E-state index in [-0.39, 0.29) is 0 Å². The molecular formula is C10H14N2. The first-order valence-electron chi connectivity index (χ1n) is 4.15.